The molecule has 4 atom stereocenters. The van der Waals surface area contributed by atoms with Gasteiger partial charge in [0, 0.05) is 68.4 Å². The Hall–Kier alpha value is -4.04. The largest absolute Gasteiger partial charge is 0.417 e. The monoisotopic (exact) mass is 634 g/mol. The Labute approximate surface area is 257 Å². The van der Waals surface area contributed by atoms with Gasteiger partial charge in [-0.3, -0.25) is 14.5 Å². The van der Waals surface area contributed by atoms with E-state index in [1.807, 2.05) is 39.6 Å². The van der Waals surface area contributed by atoms with E-state index in [0.29, 0.717) is 38.2 Å². The number of pyridine rings is 2. The number of ether oxygens (including phenoxy) is 1. The number of anilines is 3. The molecule has 2 aromatic heterocycles. The predicted octanol–water partition coefficient (Wildman–Crippen LogP) is 5.13. The molecule has 0 bridgehead atoms. The highest BCUT2D eigenvalue weighted by molar-refractivity contribution is 6.07. The first-order valence-corrected chi connectivity index (χ1v) is 14.6. The summed E-state index contributed by atoms with van der Waals surface area (Å²) in [7, 11) is 1.92. The van der Waals surface area contributed by atoms with Crippen LogP contribution in [0, 0.1) is 11.6 Å². The number of nitrogens with zero attached hydrogens (tertiary/aromatic N) is 4. The molecule has 0 radical (unpaired) electrons. The minimum atomic E-state index is -5.04. The Morgan fingerprint density at radius 1 is 1.00 bits per heavy atom. The van der Waals surface area contributed by atoms with Gasteiger partial charge in [0.1, 0.15) is 17.3 Å². The van der Waals surface area contributed by atoms with Crippen molar-refractivity contribution in [3.63, 3.8) is 0 Å². The van der Waals surface area contributed by atoms with Crippen molar-refractivity contribution in [3.05, 3.63) is 69.8 Å². The van der Waals surface area contributed by atoms with Crippen molar-refractivity contribution in [2.24, 2.45) is 0 Å². The van der Waals surface area contributed by atoms with Crippen LogP contribution in [-0.2, 0) is 10.9 Å². The fraction of sp³-hybridized carbons (Fsp3) is 0.452. The molecule has 242 valence electrons. The maximum absolute atomic E-state index is 16.5. The van der Waals surface area contributed by atoms with Gasteiger partial charge in [-0.25, -0.2) is 13.8 Å². The van der Waals surface area contributed by atoms with Gasteiger partial charge in [0.05, 0.1) is 34.6 Å². The average Bonchev–Trinajstić information content (AvgIpc) is 2.96. The number of rotatable bonds is 5. The molecule has 4 heterocycles. The molecule has 45 heavy (non-hydrogen) atoms. The summed E-state index contributed by atoms with van der Waals surface area (Å²) in [6, 6.07) is 4.39. The maximum atomic E-state index is 16.5. The van der Waals surface area contributed by atoms with E-state index in [-0.39, 0.29) is 41.6 Å². The quantitative estimate of drug-likeness (QED) is 0.376. The number of hydrogen-bond acceptors (Lipinski definition) is 7. The van der Waals surface area contributed by atoms with E-state index in [0.717, 1.165) is 6.07 Å². The minimum absolute atomic E-state index is 0.0206. The fourth-order valence-corrected chi connectivity index (χ4v) is 6.00. The van der Waals surface area contributed by atoms with Gasteiger partial charge in [0.2, 0.25) is 5.56 Å². The van der Waals surface area contributed by atoms with Crippen LogP contribution < -0.4 is 20.7 Å². The Morgan fingerprint density at radius 2 is 1.64 bits per heavy atom. The molecule has 0 saturated carbocycles. The molecule has 0 spiro atoms. The van der Waals surface area contributed by atoms with Crippen LogP contribution in [0.5, 0.6) is 0 Å². The first-order valence-electron chi connectivity index (χ1n) is 14.6. The smallest absolute Gasteiger partial charge is 0.372 e. The summed E-state index contributed by atoms with van der Waals surface area (Å²) in [6.07, 6.45) is -3.18. The molecule has 2 aliphatic rings. The molecule has 2 saturated heterocycles. The van der Waals surface area contributed by atoms with E-state index >= 15 is 8.78 Å². The van der Waals surface area contributed by atoms with Gasteiger partial charge >= 0.3 is 6.18 Å². The summed E-state index contributed by atoms with van der Waals surface area (Å²) < 4.78 is 79.4. The van der Waals surface area contributed by atoms with Crippen molar-refractivity contribution >= 4 is 23.1 Å². The molecular weight excluding hydrogens is 599 g/mol. The molecule has 5 rings (SSSR count). The highest BCUT2D eigenvalue weighted by Crippen LogP contribution is 2.40. The molecule has 0 aliphatic carbocycles. The number of likely N-dealkylation sites (N-methyl/N-ethyl adjacent to an activating group) is 1. The number of amides is 1. The minimum Gasteiger partial charge on any atom is -0.372 e. The number of morpholine rings is 1. The van der Waals surface area contributed by atoms with Crippen LogP contribution in [0.4, 0.5) is 39.1 Å². The number of hydrogen-bond donors (Lipinski definition) is 2. The Balaban J connectivity index is 1.58. The van der Waals surface area contributed by atoms with Crippen LogP contribution in [-0.4, -0.2) is 78.3 Å². The molecule has 14 heteroatoms. The first kappa shape index (κ1) is 32.4. The summed E-state index contributed by atoms with van der Waals surface area (Å²) in [4.78, 5) is 37.3. The van der Waals surface area contributed by atoms with Gasteiger partial charge in [-0.05, 0) is 46.9 Å². The first-order chi connectivity index (χ1) is 21.1. The molecule has 2 fully saturated rings. The third-order valence-corrected chi connectivity index (χ3v) is 8.39. The Bertz CT molecular complexity index is 1610. The summed E-state index contributed by atoms with van der Waals surface area (Å²) >= 11 is 0. The standard InChI is InChI=1S/C31H35F5N6O3/c1-16-12-41(13-17(2)40(16)5)24-9-23(32)27(20-6-7-25(37-10-20)42-14-18(3)45-19(4)15-42)28(33)29(24)39-30(44)21-11-38-26(43)8-22(21)31(34,35)36/h6-11,16-19H,12-15H2,1-5H3,(H,38,43)(H,39,44)/t16-,17+,18-,19+. The molecule has 0 unspecified atom stereocenters. The topological polar surface area (TPSA) is 93.8 Å². The third-order valence-electron chi connectivity index (χ3n) is 8.39. The number of H-pyrrole nitrogens is 1. The zero-order valence-electron chi connectivity index (χ0n) is 25.5. The number of benzene rings is 1. The Morgan fingerprint density at radius 3 is 2.22 bits per heavy atom. The normalized spacial score (nSPS) is 22.9. The summed E-state index contributed by atoms with van der Waals surface area (Å²) in [5.41, 5.74) is -4.39. The van der Waals surface area contributed by atoms with Gasteiger partial charge in [0.25, 0.3) is 5.91 Å². The van der Waals surface area contributed by atoms with Crippen molar-refractivity contribution < 1.29 is 31.5 Å². The zero-order valence-corrected chi connectivity index (χ0v) is 25.5. The second-order valence-corrected chi connectivity index (χ2v) is 11.9. The number of halogens is 5. The highest BCUT2D eigenvalue weighted by Gasteiger charge is 2.37. The summed E-state index contributed by atoms with van der Waals surface area (Å²) in [6.45, 7) is 9.56. The van der Waals surface area contributed by atoms with Crippen molar-refractivity contribution in [2.75, 3.05) is 48.3 Å². The van der Waals surface area contributed by atoms with Crippen molar-refractivity contribution in [3.8, 4) is 11.1 Å². The SMILES string of the molecule is C[C@@H]1CN(c2ccc(-c3c(F)cc(N4C[C@@H](C)N(C)[C@@H](C)C4)c(NC(=O)c4c[nH]c(=O)cc4C(F)(F)F)c3F)cn2)C[C@H](C)O1. The van der Waals surface area contributed by atoms with Crippen LogP contribution in [0.15, 0.2) is 41.5 Å². The lowest BCUT2D eigenvalue weighted by Gasteiger charge is -2.44. The summed E-state index contributed by atoms with van der Waals surface area (Å²) in [5.74, 6) is -2.83. The van der Waals surface area contributed by atoms with Crippen LogP contribution in [0.2, 0.25) is 0 Å². The van der Waals surface area contributed by atoms with Crippen LogP contribution >= 0.6 is 0 Å². The summed E-state index contributed by atoms with van der Waals surface area (Å²) in [5, 5.41) is 2.27. The van der Waals surface area contributed by atoms with Gasteiger partial charge in [-0.1, -0.05) is 0 Å². The van der Waals surface area contributed by atoms with Gasteiger partial charge in [0.15, 0.2) is 5.82 Å². The van der Waals surface area contributed by atoms with Crippen LogP contribution in [0.25, 0.3) is 11.1 Å². The van der Waals surface area contributed by atoms with E-state index in [1.165, 1.54) is 12.3 Å². The molecule has 3 aromatic rings. The number of alkyl halides is 3. The van der Waals surface area contributed by atoms with E-state index in [9.17, 15) is 22.8 Å². The van der Waals surface area contributed by atoms with Crippen LogP contribution in [0.3, 0.4) is 0 Å². The lowest BCUT2D eigenvalue weighted by atomic mass is 10.0. The number of carbonyl (C=O) groups excluding carboxylic acids is 1. The molecule has 2 N–H and O–H groups in total. The molecule has 1 aromatic carbocycles. The second-order valence-electron chi connectivity index (χ2n) is 11.9. The lowest BCUT2D eigenvalue weighted by molar-refractivity contribution is -0.138. The Kier molecular flexibility index (Phi) is 8.91. The van der Waals surface area contributed by atoms with Gasteiger partial charge in [-0.2, -0.15) is 13.2 Å². The highest BCUT2D eigenvalue weighted by atomic mass is 19.4. The van der Waals surface area contributed by atoms with E-state index < -0.39 is 51.7 Å². The molecule has 1 amide bonds. The molecular formula is C31H35F5N6O3. The number of nitrogens with one attached hydrogen (secondary N) is 2. The van der Waals surface area contributed by atoms with E-state index in [1.54, 1.807) is 11.0 Å². The van der Waals surface area contributed by atoms with Crippen molar-refractivity contribution in [2.45, 2.75) is 58.2 Å². The predicted molar refractivity (Wildman–Crippen MR) is 161 cm³/mol. The van der Waals surface area contributed by atoms with Gasteiger partial charge in [-0.15, -0.1) is 0 Å². The average molecular weight is 635 g/mol. The van der Waals surface area contributed by atoms with Crippen molar-refractivity contribution in [1.82, 2.24) is 14.9 Å². The third kappa shape index (κ3) is 6.66. The van der Waals surface area contributed by atoms with Crippen molar-refractivity contribution in [1.29, 1.82) is 0 Å². The number of aromatic amines is 1. The van der Waals surface area contributed by atoms with E-state index in [4.69, 9.17) is 4.74 Å². The maximum Gasteiger partial charge on any atom is 0.417 e. The van der Waals surface area contributed by atoms with E-state index in [2.05, 4.69) is 20.2 Å². The van der Waals surface area contributed by atoms with Gasteiger partial charge < -0.3 is 24.8 Å². The molecule has 2 aliphatic heterocycles. The number of carbonyl (C=O) groups is 1. The number of aromatic nitrogens is 2. The number of piperazine rings is 1. The zero-order chi connectivity index (χ0) is 32.8. The lowest BCUT2D eigenvalue weighted by Crippen LogP contribution is -2.55. The fourth-order valence-electron chi connectivity index (χ4n) is 6.00. The molecule has 9 nitrogen and oxygen atoms in total. The van der Waals surface area contributed by atoms with Crippen LogP contribution in [0.1, 0.15) is 43.6 Å². The second kappa shape index (κ2) is 12.4.